The lowest BCUT2D eigenvalue weighted by Gasteiger charge is -2.17. The van der Waals surface area contributed by atoms with Crippen molar-refractivity contribution in [3.05, 3.63) is 48.3 Å². The molecule has 1 atom stereocenters. The maximum absolute atomic E-state index is 12.5. The molecule has 70 valence electrons. The first kappa shape index (κ1) is 9.93. The lowest BCUT2D eigenvalue weighted by molar-refractivity contribution is 0.112. The van der Waals surface area contributed by atoms with Crippen LogP contribution in [0.1, 0.15) is 12.5 Å². The fraction of sp³-hybridized carbons (Fsp3) is 0.273. The van der Waals surface area contributed by atoms with Crippen LogP contribution in [0.25, 0.3) is 0 Å². The fourth-order valence-electron chi connectivity index (χ4n) is 1.09. The van der Waals surface area contributed by atoms with E-state index in [1.807, 2.05) is 0 Å². The average molecular weight is 180 g/mol. The molecule has 0 aromatic heterocycles. The van der Waals surface area contributed by atoms with Crippen molar-refractivity contribution >= 4 is 0 Å². The topological polar surface area (TPSA) is 20.2 Å². The van der Waals surface area contributed by atoms with Gasteiger partial charge < -0.3 is 5.11 Å². The number of rotatable bonds is 3. The lowest BCUT2D eigenvalue weighted by atomic mass is 9.97. The number of hydrogen-bond acceptors (Lipinski definition) is 1. The normalized spacial score (nSPS) is 15.0. The van der Waals surface area contributed by atoms with E-state index in [2.05, 4.69) is 6.58 Å². The van der Waals surface area contributed by atoms with Crippen LogP contribution in [0.2, 0.25) is 0 Å². The van der Waals surface area contributed by atoms with Gasteiger partial charge in [0.05, 0.1) is 5.60 Å². The van der Waals surface area contributed by atoms with Crippen molar-refractivity contribution < 1.29 is 9.50 Å². The third kappa shape index (κ3) is 2.99. The molecule has 0 bridgehead atoms. The Bertz CT molecular complexity index is 287. The van der Waals surface area contributed by atoms with Crippen LogP contribution in [0.4, 0.5) is 4.39 Å². The Kier molecular flexibility index (Phi) is 2.83. The Morgan fingerprint density at radius 1 is 1.46 bits per heavy atom. The van der Waals surface area contributed by atoms with Crippen molar-refractivity contribution in [1.82, 2.24) is 0 Å². The second-order valence-electron chi connectivity index (χ2n) is 3.36. The Balaban J connectivity index is 2.75. The smallest absolute Gasteiger partial charge is 0.123 e. The summed E-state index contributed by atoms with van der Waals surface area (Å²) < 4.78 is 12.5. The molecule has 1 rings (SSSR count). The zero-order valence-electron chi connectivity index (χ0n) is 7.63. The molecule has 2 heteroatoms. The monoisotopic (exact) mass is 180 g/mol. The molecule has 0 saturated carbocycles. The molecule has 1 aromatic carbocycles. The van der Waals surface area contributed by atoms with Crippen molar-refractivity contribution in [1.29, 1.82) is 0 Å². The van der Waals surface area contributed by atoms with Crippen molar-refractivity contribution in [3.63, 3.8) is 0 Å². The van der Waals surface area contributed by atoms with E-state index in [4.69, 9.17) is 0 Å². The van der Waals surface area contributed by atoms with Gasteiger partial charge in [0, 0.05) is 6.42 Å². The van der Waals surface area contributed by atoms with E-state index in [9.17, 15) is 9.50 Å². The van der Waals surface area contributed by atoms with Crippen molar-refractivity contribution in [2.75, 3.05) is 0 Å². The molecule has 1 aromatic rings. The summed E-state index contributed by atoms with van der Waals surface area (Å²) in [4.78, 5) is 0. The second kappa shape index (κ2) is 3.71. The molecular weight excluding hydrogens is 167 g/mol. The van der Waals surface area contributed by atoms with Crippen molar-refractivity contribution in [3.8, 4) is 0 Å². The minimum absolute atomic E-state index is 0.262. The Morgan fingerprint density at radius 2 is 2.00 bits per heavy atom. The molecule has 0 radical (unpaired) electrons. The molecule has 0 aliphatic heterocycles. The zero-order valence-corrected chi connectivity index (χ0v) is 7.63. The van der Waals surface area contributed by atoms with Gasteiger partial charge in [-0.2, -0.15) is 0 Å². The molecule has 0 amide bonds. The molecule has 0 aliphatic carbocycles. The predicted molar refractivity (Wildman–Crippen MR) is 50.9 cm³/mol. The number of hydrogen-bond donors (Lipinski definition) is 1. The van der Waals surface area contributed by atoms with Crippen LogP contribution < -0.4 is 0 Å². The third-order valence-corrected chi connectivity index (χ3v) is 1.92. The molecule has 13 heavy (non-hydrogen) atoms. The number of halogens is 1. The van der Waals surface area contributed by atoms with Gasteiger partial charge in [-0.15, -0.1) is 6.58 Å². The lowest BCUT2D eigenvalue weighted by Crippen LogP contribution is -2.23. The first-order valence-electron chi connectivity index (χ1n) is 4.14. The van der Waals surface area contributed by atoms with Gasteiger partial charge in [-0.25, -0.2) is 4.39 Å². The standard InChI is InChI=1S/C11H13FO/c1-3-11(2,13)8-9-4-6-10(12)7-5-9/h3-7,13H,1,8H2,2H3. The summed E-state index contributed by atoms with van der Waals surface area (Å²) in [5.41, 5.74) is -0.0241. The summed E-state index contributed by atoms with van der Waals surface area (Å²) in [5, 5.41) is 9.63. The van der Waals surface area contributed by atoms with Crippen molar-refractivity contribution in [2.24, 2.45) is 0 Å². The quantitative estimate of drug-likeness (QED) is 0.708. The van der Waals surface area contributed by atoms with Gasteiger partial charge in [0.15, 0.2) is 0 Å². The van der Waals surface area contributed by atoms with E-state index in [-0.39, 0.29) is 5.82 Å². The highest BCUT2D eigenvalue weighted by Gasteiger charge is 2.15. The van der Waals surface area contributed by atoms with Gasteiger partial charge in [0.1, 0.15) is 5.82 Å². The summed E-state index contributed by atoms with van der Waals surface area (Å²) >= 11 is 0. The first-order valence-corrected chi connectivity index (χ1v) is 4.14. The molecule has 1 unspecified atom stereocenters. The summed E-state index contributed by atoms with van der Waals surface area (Å²) in [6.45, 7) is 5.19. The molecule has 0 fully saturated rings. The molecule has 0 heterocycles. The molecule has 1 N–H and O–H groups in total. The largest absolute Gasteiger partial charge is 0.386 e. The maximum atomic E-state index is 12.5. The van der Waals surface area contributed by atoms with Crippen LogP contribution in [0, 0.1) is 5.82 Å². The maximum Gasteiger partial charge on any atom is 0.123 e. The van der Waals surface area contributed by atoms with Gasteiger partial charge in [0.25, 0.3) is 0 Å². The highest BCUT2D eigenvalue weighted by molar-refractivity contribution is 5.19. The molecular formula is C11H13FO. The van der Waals surface area contributed by atoms with E-state index in [1.165, 1.54) is 18.2 Å². The molecule has 0 saturated heterocycles. The SMILES string of the molecule is C=CC(C)(O)Cc1ccc(F)cc1. The minimum Gasteiger partial charge on any atom is -0.386 e. The molecule has 0 spiro atoms. The Labute approximate surface area is 77.5 Å². The Hall–Kier alpha value is -1.15. The van der Waals surface area contributed by atoms with Crippen LogP contribution >= 0.6 is 0 Å². The van der Waals surface area contributed by atoms with Gasteiger partial charge in [0.2, 0.25) is 0 Å². The van der Waals surface area contributed by atoms with E-state index in [0.29, 0.717) is 6.42 Å². The fourth-order valence-corrected chi connectivity index (χ4v) is 1.09. The summed E-state index contributed by atoms with van der Waals surface area (Å²) in [7, 11) is 0. The minimum atomic E-state index is -0.919. The molecule has 0 aliphatic rings. The summed E-state index contributed by atoms with van der Waals surface area (Å²) in [5.74, 6) is -0.262. The van der Waals surface area contributed by atoms with Gasteiger partial charge >= 0.3 is 0 Å². The molecule has 1 nitrogen and oxygen atoms in total. The number of aliphatic hydroxyl groups is 1. The van der Waals surface area contributed by atoms with E-state index in [0.717, 1.165) is 5.56 Å². The van der Waals surface area contributed by atoms with Crippen LogP contribution in [-0.4, -0.2) is 10.7 Å². The van der Waals surface area contributed by atoms with Crippen LogP contribution in [0.15, 0.2) is 36.9 Å². The summed E-state index contributed by atoms with van der Waals surface area (Å²) in [6.07, 6.45) is 1.94. The van der Waals surface area contributed by atoms with Gasteiger partial charge in [-0.1, -0.05) is 18.2 Å². The Morgan fingerprint density at radius 3 is 2.46 bits per heavy atom. The zero-order chi connectivity index (χ0) is 9.90. The van der Waals surface area contributed by atoms with Crippen LogP contribution in [0.3, 0.4) is 0 Å². The second-order valence-corrected chi connectivity index (χ2v) is 3.36. The first-order chi connectivity index (χ1) is 6.03. The highest BCUT2D eigenvalue weighted by Crippen LogP contribution is 2.14. The third-order valence-electron chi connectivity index (χ3n) is 1.92. The average Bonchev–Trinajstić information content (AvgIpc) is 2.09. The number of benzene rings is 1. The highest BCUT2D eigenvalue weighted by atomic mass is 19.1. The van der Waals surface area contributed by atoms with E-state index in [1.54, 1.807) is 19.1 Å². The van der Waals surface area contributed by atoms with Gasteiger partial charge in [-0.3, -0.25) is 0 Å². The van der Waals surface area contributed by atoms with Crippen LogP contribution in [0.5, 0.6) is 0 Å². The predicted octanol–water partition coefficient (Wildman–Crippen LogP) is 2.31. The van der Waals surface area contributed by atoms with Crippen molar-refractivity contribution in [2.45, 2.75) is 18.9 Å². The van der Waals surface area contributed by atoms with Gasteiger partial charge in [-0.05, 0) is 24.6 Å². The van der Waals surface area contributed by atoms with E-state index >= 15 is 0 Å². The van der Waals surface area contributed by atoms with E-state index < -0.39 is 5.60 Å². The summed E-state index contributed by atoms with van der Waals surface area (Å²) in [6, 6.07) is 6.09. The van der Waals surface area contributed by atoms with Crippen LogP contribution in [-0.2, 0) is 6.42 Å².